The van der Waals surface area contributed by atoms with Crippen molar-refractivity contribution < 1.29 is 0 Å². The molecule has 21 heavy (non-hydrogen) atoms. The van der Waals surface area contributed by atoms with Crippen LogP contribution in [0.15, 0.2) is 41.8 Å². The van der Waals surface area contributed by atoms with Crippen molar-refractivity contribution in [3.8, 4) is 0 Å². The van der Waals surface area contributed by atoms with Gasteiger partial charge in [-0.05, 0) is 54.8 Å². The van der Waals surface area contributed by atoms with E-state index in [1.165, 1.54) is 36.1 Å². The van der Waals surface area contributed by atoms with Crippen LogP contribution in [0, 0.1) is 5.92 Å². The van der Waals surface area contributed by atoms with Gasteiger partial charge in [0.1, 0.15) is 0 Å². The van der Waals surface area contributed by atoms with Crippen LogP contribution in [0.5, 0.6) is 0 Å². The fourth-order valence-electron chi connectivity index (χ4n) is 3.33. The van der Waals surface area contributed by atoms with E-state index in [9.17, 15) is 0 Å². The first-order valence-corrected chi connectivity index (χ1v) is 9.05. The Morgan fingerprint density at radius 1 is 1.14 bits per heavy atom. The zero-order valence-corrected chi connectivity index (χ0v) is 14.0. The molecule has 1 aromatic carbocycles. The fraction of sp³-hybridized carbons (Fsp3) is 0.444. The zero-order chi connectivity index (χ0) is 14.7. The summed E-state index contributed by atoms with van der Waals surface area (Å²) in [6.07, 6.45) is 5.46. The maximum atomic E-state index is 5.99. The first kappa shape index (κ1) is 15.1. The summed E-state index contributed by atoms with van der Waals surface area (Å²) in [5.41, 5.74) is 1.30. The molecule has 2 atom stereocenters. The third-order valence-electron chi connectivity index (χ3n) is 4.52. The first-order valence-electron chi connectivity index (χ1n) is 7.79. The molecule has 3 rings (SSSR count). The normalized spacial score (nSPS) is 18.8. The monoisotopic (exact) mass is 319 g/mol. The summed E-state index contributed by atoms with van der Waals surface area (Å²) in [4.78, 5) is 1.47. The molecule has 1 nitrogen and oxygen atoms in total. The summed E-state index contributed by atoms with van der Waals surface area (Å²) >= 11 is 7.86. The summed E-state index contributed by atoms with van der Waals surface area (Å²) in [6, 6.07) is 13.5. The van der Waals surface area contributed by atoms with Crippen LogP contribution in [-0.2, 0) is 0 Å². The van der Waals surface area contributed by atoms with Crippen molar-refractivity contribution in [1.29, 1.82) is 0 Å². The Balaban J connectivity index is 1.76. The highest BCUT2D eigenvalue weighted by Crippen LogP contribution is 2.38. The van der Waals surface area contributed by atoms with Crippen molar-refractivity contribution >= 4 is 22.9 Å². The van der Waals surface area contributed by atoms with Gasteiger partial charge in [0.2, 0.25) is 0 Å². The molecule has 1 aromatic heterocycles. The zero-order valence-electron chi connectivity index (χ0n) is 12.4. The molecule has 1 fully saturated rings. The lowest BCUT2D eigenvalue weighted by atomic mass is 9.95. The SMILES string of the molecule is CC(NC(c1cccs1)C1CCCC1)c1ccc(Cl)cc1. The third kappa shape index (κ3) is 3.68. The van der Waals surface area contributed by atoms with E-state index in [2.05, 4.69) is 41.9 Å². The molecule has 0 amide bonds. The van der Waals surface area contributed by atoms with Crippen LogP contribution in [0.4, 0.5) is 0 Å². The van der Waals surface area contributed by atoms with Gasteiger partial charge in [-0.3, -0.25) is 0 Å². The van der Waals surface area contributed by atoms with Gasteiger partial charge in [0, 0.05) is 22.0 Å². The molecule has 1 N–H and O–H groups in total. The Kier molecular flexibility index (Phi) is 4.99. The van der Waals surface area contributed by atoms with Gasteiger partial charge >= 0.3 is 0 Å². The molecule has 0 bridgehead atoms. The van der Waals surface area contributed by atoms with Crippen molar-refractivity contribution in [3.63, 3.8) is 0 Å². The summed E-state index contributed by atoms with van der Waals surface area (Å²) in [5.74, 6) is 0.776. The Morgan fingerprint density at radius 3 is 2.48 bits per heavy atom. The molecule has 0 aliphatic heterocycles. The topological polar surface area (TPSA) is 12.0 Å². The first-order chi connectivity index (χ1) is 10.2. The van der Waals surface area contributed by atoms with E-state index < -0.39 is 0 Å². The van der Waals surface area contributed by atoms with Gasteiger partial charge in [0.15, 0.2) is 0 Å². The standard InChI is InChI=1S/C18H22ClNS/c1-13(14-8-10-16(19)11-9-14)20-18(15-5-2-3-6-15)17-7-4-12-21-17/h4,7-13,15,18,20H,2-3,5-6H2,1H3. The molecule has 2 unspecified atom stereocenters. The number of benzene rings is 1. The molecule has 1 aliphatic rings. The summed E-state index contributed by atoms with van der Waals surface area (Å²) in [7, 11) is 0. The minimum atomic E-state index is 0.343. The van der Waals surface area contributed by atoms with Crippen LogP contribution >= 0.6 is 22.9 Å². The highest BCUT2D eigenvalue weighted by atomic mass is 35.5. The maximum Gasteiger partial charge on any atom is 0.0448 e. The lowest BCUT2D eigenvalue weighted by molar-refractivity contribution is 0.343. The molecule has 0 saturated heterocycles. The number of hydrogen-bond donors (Lipinski definition) is 1. The molecular weight excluding hydrogens is 298 g/mol. The largest absolute Gasteiger partial charge is 0.302 e. The van der Waals surface area contributed by atoms with Crippen LogP contribution < -0.4 is 5.32 Å². The number of hydrogen-bond acceptors (Lipinski definition) is 2. The highest BCUT2D eigenvalue weighted by Gasteiger charge is 2.28. The molecule has 1 saturated carbocycles. The lowest BCUT2D eigenvalue weighted by Gasteiger charge is -2.28. The summed E-state index contributed by atoms with van der Waals surface area (Å²) in [5, 5.41) is 6.85. The van der Waals surface area contributed by atoms with E-state index in [0.29, 0.717) is 12.1 Å². The van der Waals surface area contributed by atoms with E-state index >= 15 is 0 Å². The van der Waals surface area contributed by atoms with E-state index in [0.717, 1.165) is 10.9 Å². The van der Waals surface area contributed by atoms with Crippen LogP contribution in [0.3, 0.4) is 0 Å². The third-order valence-corrected chi connectivity index (χ3v) is 5.73. The molecule has 112 valence electrons. The molecule has 0 radical (unpaired) electrons. The van der Waals surface area contributed by atoms with E-state index in [-0.39, 0.29) is 0 Å². The number of rotatable bonds is 5. The quantitative estimate of drug-likeness (QED) is 0.714. The van der Waals surface area contributed by atoms with Crippen LogP contribution in [0.1, 0.15) is 55.1 Å². The second-order valence-corrected chi connectivity index (χ2v) is 7.39. The predicted molar refractivity (Wildman–Crippen MR) is 92.0 cm³/mol. The lowest BCUT2D eigenvalue weighted by Crippen LogP contribution is -2.29. The van der Waals surface area contributed by atoms with Crippen LogP contribution in [0.2, 0.25) is 5.02 Å². The highest BCUT2D eigenvalue weighted by molar-refractivity contribution is 7.10. The summed E-state index contributed by atoms with van der Waals surface area (Å²) < 4.78 is 0. The Morgan fingerprint density at radius 2 is 1.86 bits per heavy atom. The average Bonchev–Trinajstić information content (AvgIpc) is 3.19. The van der Waals surface area contributed by atoms with Gasteiger partial charge in [-0.2, -0.15) is 0 Å². The van der Waals surface area contributed by atoms with Crippen molar-refractivity contribution in [3.05, 3.63) is 57.2 Å². The molecule has 3 heteroatoms. The van der Waals surface area contributed by atoms with Crippen LogP contribution in [-0.4, -0.2) is 0 Å². The number of nitrogens with one attached hydrogen (secondary N) is 1. The smallest absolute Gasteiger partial charge is 0.0448 e. The predicted octanol–water partition coefficient (Wildman–Crippen LogP) is 5.98. The molecule has 2 aromatic rings. The second kappa shape index (κ2) is 6.95. The molecule has 1 aliphatic carbocycles. The Hall–Kier alpha value is -0.830. The van der Waals surface area contributed by atoms with Crippen molar-refractivity contribution in [1.82, 2.24) is 5.32 Å². The molecular formula is C18H22ClNS. The maximum absolute atomic E-state index is 5.99. The van der Waals surface area contributed by atoms with Gasteiger partial charge in [-0.25, -0.2) is 0 Å². The molecule has 1 heterocycles. The minimum absolute atomic E-state index is 0.343. The van der Waals surface area contributed by atoms with Crippen molar-refractivity contribution in [2.45, 2.75) is 44.7 Å². The van der Waals surface area contributed by atoms with Crippen molar-refractivity contribution in [2.75, 3.05) is 0 Å². The second-order valence-electron chi connectivity index (χ2n) is 5.98. The Labute approximate surface area is 136 Å². The van der Waals surface area contributed by atoms with E-state index in [1.54, 1.807) is 0 Å². The minimum Gasteiger partial charge on any atom is -0.302 e. The van der Waals surface area contributed by atoms with E-state index in [4.69, 9.17) is 11.6 Å². The van der Waals surface area contributed by atoms with E-state index in [1.807, 2.05) is 23.5 Å². The van der Waals surface area contributed by atoms with Gasteiger partial charge in [-0.15, -0.1) is 11.3 Å². The van der Waals surface area contributed by atoms with Gasteiger partial charge in [-0.1, -0.05) is 42.6 Å². The fourth-order valence-corrected chi connectivity index (χ4v) is 4.33. The Bertz CT molecular complexity index is 543. The number of thiophene rings is 1. The van der Waals surface area contributed by atoms with Gasteiger partial charge in [0.25, 0.3) is 0 Å². The van der Waals surface area contributed by atoms with Crippen molar-refractivity contribution in [2.24, 2.45) is 5.92 Å². The average molecular weight is 320 g/mol. The summed E-state index contributed by atoms with van der Waals surface area (Å²) in [6.45, 7) is 2.25. The van der Waals surface area contributed by atoms with Crippen LogP contribution in [0.25, 0.3) is 0 Å². The van der Waals surface area contributed by atoms with Gasteiger partial charge in [0.05, 0.1) is 0 Å². The van der Waals surface area contributed by atoms with Gasteiger partial charge < -0.3 is 5.32 Å². The molecule has 0 spiro atoms. The number of halogens is 1.